The lowest BCUT2D eigenvalue weighted by molar-refractivity contribution is 0.264. The van der Waals surface area contributed by atoms with Crippen LogP contribution in [0.1, 0.15) is 24.8 Å². The first-order valence-corrected chi connectivity index (χ1v) is 6.81. The minimum atomic E-state index is 0.666. The van der Waals surface area contributed by atoms with Gasteiger partial charge in [0.2, 0.25) is 0 Å². The van der Waals surface area contributed by atoms with Gasteiger partial charge in [-0.1, -0.05) is 12.1 Å². The van der Waals surface area contributed by atoms with Gasteiger partial charge >= 0.3 is 0 Å². The largest absolute Gasteiger partial charge is 0.323 e. The van der Waals surface area contributed by atoms with Crippen molar-refractivity contribution in [2.45, 2.75) is 31.3 Å². The lowest BCUT2D eigenvalue weighted by atomic mass is 9.96. The van der Waals surface area contributed by atoms with Crippen molar-refractivity contribution in [1.82, 2.24) is 9.30 Å². The average Bonchev–Trinajstić information content (AvgIpc) is 2.90. The van der Waals surface area contributed by atoms with E-state index in [1.54, 1.807) is 0 Å². The Labute approximate surface area is 108 Å². The normalized spacial score (nSPS) is 27.7. The van der Waals surface area contributed by atoms with Crippen molar-refractivity contribution in [3.05, 3.63) is 48.3 Å². The van der Waals surface area contributed by atoms with Crippen molar-refractivity contribution in [3.8, 4) is 0 Å². The molecule has 2 aromatic rings. The number of nitrogens with zero attached hydrogens (tertiary/aromatic N) is 2. The monoisotopic (exact) mass is 238 g/mol. The number of likely N-dealkylation sites (N-methyl/N-ethyl adjacent to an activating group) is 1. The van der Waals surface area contributed by atoms with Crippen molar-refractivity contribution in [3.63, 3.8) is 0 Å². The zero-order valence-corrected chi connectivity index (χ0v) is 10.7. The number of hydrogen-bond donors (Lipinski definition) is 0. The third-order valence-corrected chi connectivity index (χ3v) is 4.64. The summed E-state index contributed by atoms with van der Waals surface area (Å²) in [7, 11) is 2.27. The molecule has 0 saturated carbocycles. The third kappa shape index (κ3) is 1.45. The van der Waals surface area contributed by atoms with Crippen LogP contribution < -0.4 is 0 Å². The Balaban J connectivity index is 1.76. The molecule has 0 spiro atoms. The van der Waals surface area contributed by atoms with E-state index in [0.717, 1.165) is 6.04 Å². The van der Waals surface area contributed by atoms with E-state index in [2.05, 4.69) is 59.1 Å². The quantitative estimate of drug-likeness (QED) is 0.740. The Morgan fingerprint density at radius 1 is 1.17 bits per heavy atom. The second-order valence-corrected chi connectivity index (χ2v) is 5.62. The Morgan fingerprint density at radius 2 is 2.11 bits per heavy atom. The molecular formula is C16H18N2. The fraction of sp³-hybridized carbons (Fsp3) is 0.375. The van der Waals surface area contributed by atoms with Gasteiger partial charge in [0, 0.05) is 30.0 Å². The highest BCUT2D eigenvalue weighted by molar-refractivity contribution is 5.69. The minimum Gasteiger partial charge on any atom is -0.323 e. The molecular weight excluding hydrogens is 220 g/mol. The van der Waals surface area contributed by atoms with Crippen molar-refractivity contribution in [1.29, 1.82) is 0 Å². The van der Waals surface area contributed by atoms with Gasteiger partial charge in [0.05, 0.1) is 0 Å². The highest BCUT2D eigenvalue weighted by atomic mass is 15.2. The SMILES string of the molecule is CN1C2C=C(c3ccc4cccn4c3)CC1CC2. The Bertz CT molecular complexity index is 623. The van der Waals surface area contributed by atoms with Gasteiger partial charge in [0.1, 0.15) is 0 Å². The van der Waals surface area contributed by atoms with E-state index in [-0.39, 0.29) is 0 Å². The van der Waals surface area contributed by atoms with Gasteiger partial charge in [0.15, 0.2) is 0 Å². The van der Waals surface area contributed by atoms with Gasteiger partial charge in [0.25, 0.3) is 0 Å². The molecule has 0 aromatic carbocycles. The summed E-state index contributed by atoms with van der Waals surface area (Å²) < 4.78 is 2.22. The molecule has 4 rings (SSSR count). The predicted molar refractivity (Wildman–Crippen MR) is 74.6 cm³/mol. The van der Waals surface area contributed by atoms with Crippen LogP contribution in [0.25, 0.3) is 11.1 Å². The van der Waals surface area contributed by atoms with Crippen LogP contribution in [0.15, 0.2) is 42.7 Å². The smallest absolute Gasteiger partial charge is 0.0450 e. The van der Waals surface area contributed by atoms with Crippen LogP contribution in [0.4, 0.5) is 0 Å². The molecule has 4 heterocycles. The molecule has 2 aliphatic rings. The van der Waals surface area contributed by atoms with Crippen molar-refractivity contribution in [2.24, 2.45) is 0 Å². The van der Waals surface area contributed by atoms with Gasteiger partial charge in [-0.3, -0.25) is 4.90 Å². The van der Waals surface area contributed by atoms with Gasteiger partial charge in [-0.05, 0) is 55.6 Å². The van der Waals surface area contributed by atoms with E-state index in [1.165, 1.54) is 35.9 Å². The van der Waals surface area contributed by atoms with Gasteiger partial charge in [-0.25, -0.2) is 0 Å². The van der Waals surface area contributed by atoms with Crippen LogP contribution in [0.2, 0.25) is 0 Å². The van der Waals surface area contributed by atoms with Gasteiger partial charge < -0.3 is 4.40 Å². The second kappa shape index (κ2) is 3.72. The summed E-state index contributed by atoms with van der Waals surface area (Å²) in [6, 6.07) is 10.2. The molecule has 18 heavy (non-hydrogen) atoms. The first kappa shape index (κ1) is 10.4. The van der Waals surface area contributed by atoms with E-state index in [4.69, 9.17) is 0 Å². The molecule has 0 amide bonds. The highest BCUT2D eigenvalue weighted by Crippen LogP contribution is 2.37. The maximum Gasteiger partial charge on any atom is 0.0450 e. The molecule has 2 aliphatic heterocycles. The molecule has 2 aromatic heterocycles. The summed E-state index contributed by atoms with van der Waals surface area (Å²) in [6.07, 6.45) is 10.8. The predicted octanol–water partition coefficient (Wildman–Crippen LogP) is 3.19. The molecule has 1 saturated heterocycles. The highest BCUT2D eigenvalue weighted by Gasteiger charge is 2.33. The molecule has 92 valence electrons. The summed E-state index contributed by atoms with van der Waals surface area (Å²) in [5.41, 5.74) is 4.20. The van der Waals surface area contributed by atoms with E-state index >= 15 is 0 Å². The zero-order valence-electron chi connectivity index (χ0n) is 10.7. The van der Waals surface area contributed by atoms with Crippen molar-refractivity contribution >= 4 is 11.1 Å². The Morgan fingerprint density at radius 3 is 3.00 bits per heavy atom. The maximum absolute atomic E-state index is 2.54. The fourth-order valence-electron chi connectivity index (χ4n) is 3.48. The van der Waals surface area contributed by atoms with Crippen LogP contribution in [0.3, 0.4) is 0 Å². The summed E-state index contributed by atoms with van der Waals surface area (Å²) in [6.45, 7) is 0. The van der Waals surface area contributed by atoms with E-state index < -0.39 is 0 Å². The molecule has 0 aliphatic carbocycles. The second-order valence-electron chi connectivity index (χ2n) is 5.62. The molecule has 2 heteroatoms. The molecule has 2 nitrogen and oxygen atoms in total. The number of hydrogen-bond acceptors (Lipinski definition) is 1. The molecule has 2 bridgehead atoms. The van der Waals surface area contributed by atoms with Crippen LogP contribution in [-0.2, 0) is 0 Å². The first-order valence-electron chi connectivity index (χ1n) is 6.81. The first-order chi connectivity index (χ1) is 8.81. The van der Waals surface area contributed by atoms with E-state index in [9.17, 15) is 0 Å². The van der Waals surface area contributed by atoms with Crippen molar-refractivity contribution in [2.75, 3.05) is 7.05 Å². The lowest BCUT2D eigenvalue weighted by Gasteiger charge is -2.30. The molecule has 0 N–H and O–H groups in total. The van der Waals surface area contributed by atoms with E-state index in [1.807, 2.05) is 0 Å². The molecule has 2 atom stereocenters. The Hall–Kier alpha value is -1.54. The number of rotatable bonds is 1. The lowest BCUT2D eigenvalue weighted by Crippen LogP contribution is -2.34. The zero-order chi connectivity index (χ0) is 12.1. The fourth-order valence-corrected chi connectivity index (χ4v) is 3.48. The maximum atomic E-state index is 2.54. The summed E-state index contributed by atoms with van der Waals surface area (Å²) >= 11 is 0. The topological polar surface area (TPSA) is 7.65 Å². The Kier molecular flexibility index (Phi) is 2.15. The molecule has 1 fully saturated rings. The number of fused-ring (bicyclic) bond motifs is 3. The van der Waals surface area contributed by atoms with Crippen LogP contribution in [0, 0.1) is 0 Å². The average molecular weight is 238 g/mol. The van der Waals surface area contributed by atoms with Crippen LogP contribution in [0.5, 0.6) is 0 Å². The van der Waals surface area contributed by atoms with Gasteiger partial charge in [-0.15, -0.1) is 0 Å². The standard InChI is InChI=1S/C16H18N2/c1-17-15-6-7-16(17)10-13(9-15)12-4-5-14-3-2-8-18(14)11-12/h2-5,8-9,11,15-16H,6-7,10H2,1H3. The number of pyridine rings is 1. The van der Waals surface area contributed by atoms with E-state index in [0.29, 0.717) is 6.04 Å². The third-order valence-electron chi connectivity index (χ3n) is 4.64. The van der Waals surface area contributed by atoms with Crippen molar-refractivity contribution < 1.29 is 0 Å². The molecule has 2 unspecified atom stereocenters. The summed E-state index contributed by atoms with van der Waals surface area (Å²) in [5.74, 6) is 0. The van der Waals surface area contributed by atoms with Crippen LogP contribution >= 0.6 is 0 Å². The molecule has 0 radical (unpaired) electrons. The number of aromatic nitrogens is 1. The van der Waals surface area contributed by atoms with Gasteiger partial charge in [-0.2, -0.15) is 0 Å². The minimum absolute atomic E-state index is 0.666. The summed E-state index contributed by atoms with van der Waals surface area (Å²) in [4.78, 5) is 2.54. The summed E-state index contributed by atoms with van der Waals surface area (Å²) in [5, 5.41) is 0. The van der Waals surface area contributed by atoms with Crippen LogP contribution in [-0.4, -0.2) is 28.4 Å².